The number of nitrogens with zero attached hydrogens (tertiary/aromatic N) is 2. The Morgan fingerprint density at radius 3 is 2.73 bits per heavy atom. The van der Waals surface area contributed by atoms with Gasteiger partial charge in [-0.15, -0.1) is 0 Å². The van der Waals surface area contributed by atoms with Crippen molar-refractivity contribution in [3.8, 4) is 0 Å². The average Bonchev–Trinajstić information content (AvgIpc) is 2.89. The van der Waals surface area contributed by atoms with E-state index in [1.165, 1.54) is 21.0 Å². The van der Waals surface area contributed by atoms with Crippen LogP contribution >= 0.6 is 0 Å². The van der Waals surface area contributed by atoms with Gasteiger partial charge in [-0.05, 0) is 31.5 Å². The minimum Gasteiger partial charge on any atom is -0.408 e. The van der Waals surface area contributed by atoms with Crippen molar-refractivity contribution < 1.29 is 17.9 Å². The lowest BCUT2D eigenvalue weighted by molar-refractivity contribution is 0.166. The van der Waals surface area contributed by atoms with Crippen molar-refractivity contribution in [3.63, 3.8) is 0 Å². The number of sulfonamides is 1. The van der Waals surface area contributed by atoms with Crippen LogP contribution in [0.15, 0.2) is 50.5 Å². The smallest absolute Gasteiger partial charge is 0.408 e. The van der Waals surface area contributed by atoms with E-state index in [0.717, 1.165) is 5.56 Å². The predicted octanol–water partition coefficient (Wildman–Crippen LogP) is 2.07. The van der Waals surface area contributed by atoms with Gasteiger partial charge in [0.1, 0.15) is 0 Å². The summed E-state index contributed by atoms with van der Waals surface area (Å²) in [5.74, 6) is -0.545. The third kappa shape index (κ3) is 2.45. The second-order valence-corrected chi connectivity index (χ2v) is 8.36. The van der Waals surface area contributed by atoms with Crippen LogP contribution in [0.1, 0.15) is 23.7 Å². The maximum Gasteiger partial charge on any atom is 0.419 e. The van der Waals surface area contributed by atoms with E-state index in [0.29, 0.717) is 23.2 Å². The Bertz CT molecular complexity index is 1180. The Balaban J connectivity index is 1.85. The van der Waals surface area contributed by atoms with Crippen LogP contribution in [0.3, 0.4) is 0 Å². The maximum absolute atomic E-state index is 13.2. The van der Waals surface area contributed by atoms with E-state index in [9.17, 15) is 18.3 Å². The minimum absolute atomic E-state index is 0.0438. The molecule has 0 spiro atoms. The highest BCUT2D eigenvalue weighted by atomic mass is 32.2. The first-order valence-corrected chi connectivity index (χ1v) is 9.64. The maximum atomic E-state index is 13.2. The molecule has 0 radical (unpaired) electrons. The first kappa shape index (κ1) is 16.9. The molecule has 26 heavy (non-hydrogen) atoms. The fourth-order valence-corrected chi connectivity index (χ4v) is 4.86. The Kier molecular flexibility index (Phi) is 3.71. The van der Waals surface area contributed by atoms with E-state index in [4.69, 9.17) is 4.42 Å². The number of aromatic nitrogens is 1. The van der Waals surface area contributed by atoms with E-state index in [2.05, 4.69) is 0 Å². The van der Waals surface area contributed by atoms with Gasteiger partial charge in [-0.25, -0.2) is 13.2 Å². The summed E-state index contributed by atoms with van der Waals surface area (Å²) in [5, 5.41) is 10.2. The zero-order chi connectivity index (χ0) is 18.6. The molecule has 1 aromatic heterocycles. The van der Waals surface area contributed by atoms with Crippen molar-refractivity contribution in [1.82, 2.24) is 4.57 Å². The fourth-order valence-electron chi connectivity index (χ4n) is 3.33. The molecule has 8 heteroatoms. The lowest BCUT2D eigenvalue weighted by Crippen LogP contribution is -2.36. The topological polar surface area (TPSA) is 92.8 Å². The standard InChI is InChI=1S/C18H18N2O5S/c1-11-3-5-14-13(9-11)16(21)7-8-20(14)26(23,24)12-4-6-15-17(10-12)25-18(22)19(15)2/h3-6,9-10,16,21H,7-8H2,1-2H3. The molecule has 0 amide bonds. The zero-order valence-corrected chi connectivity index (χ0v) is 15.2. The third-order valence-electron chi connectivity index (χ3n) is 4.77. The molecule has 4 rings (SSSR count). The van der Waals surface area contributed by atoms with Gasteiger partial charge in [0.2, 0.25) is 0 Å². The number of rotatable bonds is 2. The monoisotopic (exact) mass is 374 g/mol. The second-order valence-electron chi connectivity index (χ2n) is 6.50. The van der Waals surface area contributed by atoms with Crippen LogP contribution in [0.2, 0.25) is 0 Å². The molecule has 7 nitrogen and oxygen atoms in total. The van der Waals surface area contributed by atoms with Gasteiger partial charge >= 0.3 is 5.76 Å². The van der Waals surface area contributed by atoms with Gasteiger partial charge < -0.3 is 9.52 Å². The van der Waals surface area contributed by atoms with E-state index in [1.807, 2.05) is 13.0 Å². The molecule has 0 saturated heterocycles. The summed E-state index contributed by atoms with van der Waals surface area (Å²) >= 11 is 0. The summed E-state index contributed by atoms with van der Waals surface area (Å²) in [5.41, 5.74) is 2.78. The molecule has 0 fully saturated rings. The van der Waals surface area contributed by atoms with Crippen LogP contribution in [-0.2, 0) is 17.1 Å². The first-order chi connectivity index (χ1) is 12.3. The van der Waals surface area contributed by atoms with Crippen LogP contribution in [0.5, 0.6) is 0 Å². The Morgan fingerprint density at radius 1 is 1.19 bits per heavy atom. The molecule has 2 aromatic carbocycles. The SMILES string of the molecule is Cc1ccc2c(c1)C(O)CCN2S(=O)(=O)c1ccc2c(c1)oc(=O)n2C. The van der Waals surface area contributed by atoms with Gasteiger partial charge in [-0.3, -0.25) is 8.87 Å². The number of aryl methyl sites for hydroxylation is 2. The number of hydrogen-bond acceptors (Lipinski definition) is 5. The zero-order valence-electron chi connectivity index (χ0n) is 14.3. The summed E-state index contributed by atoms with van der Waals surface area (Å²) < 4.78 is 34.1. The van der Waals surface area contributed by atoms with Gasteiger partial charge in [0, 0.05) is 25.2 Å². The molecular formula is C18H18N2O5S. The molecule has 1 aliphatic heterocycles. The molecule has 136 valence electrons. The third-order valence-corrected chi connectivity index (χ3v) is 6.58. The number of benzene rings is 2. The summed E-state index contributed by atoms with van der Waals surface area (Å²) in [6.07, 6.45) is -0.371. The van der Waals surface area contributed by atoms with Gasteiger partial charge in [0.15, 0.2) is 5.58 Å². The van der Waals surface area contributed by atoms with Crippen LogP contribution in [-0.4, -0.2) is 24.6 Å². The van der Waals surface area contributed by atoms with E-state index >= 15 is 0 Å². The van der Waals surface area contributed by atoms with Crippen molar-refractivity contribution in [1.29, 1.82) is 0 Å². The minimum atomic E-state index is -3.86. The molecule has 3 aromatic rings. The quantitative estimate of drug-likeness (QED) is 0.741. The lowest BCUT2D eigenvalue weighted by Gasteiger charge is -2.33. The number of anilines is 1. The average molecular weight is 374 g/mol. The van der Waals surface area contributed by atoms with Crippen LogP contribution in [0, 0.1) is 6.92 Å². The van der Waals surface area contributed by atoms with E-state index < -0.39 is 21.9 Å². The van der Waals surface area contributed by atoms with Gasteiger partial charge in [0.25, 0.3) is 10.0 Å². The van der Waals surface area contributed by atoms with Crippen molar-refractivity contribution in [2.45, 2.75) is 24.3 Å². The number of aliphatic hydroxyl groups is 1. The van der Waals surface area contributed by atoms with Crippen molar-refractivity contribution in [2.24, 2.45) is 7.05 Å². The number of hydrogen-bond donors (Lipinski definition) is 1. The van der Waals surface area contributed by atoms with Crippen LogP contribution in [0.4, 0.5) is 5.69 Å². The van der Waals surface area contributed by atoms with Crippen LogP contribution < -0.4 is 10.1 Å². The summed E-state index contributed by atoms with van der Waals surface area (Å²) in [7, 11) is -2.29. The second kappa shape index (κ2) is 5.72. The highest BCUT2D eigenvalue weighted by Crippen LogP contribution is 2.37. The normalized spacial score (nSPS) is 17.5. The molecule has 2 heterocycles. The highest BCUT2D eigenvalue weighted by molar-refractivity contribution is 7.92. The van der Waals surface area contributed by atoms with Crippen molar-refractivity contribution in [2.75, 3.05) is 10.8 Å². The Labute approximate surface area is 150 Å². The summed E-state index contributed by atoms with van der Waals surface area (Å²) in [4.78, 5) is 11.7. The Hall–Kier alpha value is -2.58. The molecule has 1 unspecified atom stereocenters. The van der Waals surface area contributed by atoms with E-state index in [-0.39, 0.29) is 17.0 Å². The molecule has 1 N–H and O–H groups in total. The van der Waals surface area contributed by atoms with E-state index in [1.54, 1.807) is 25.2 Å². The number of oxazole rings is 1. The number of aliphatic hydroxyl groups excluding tert-OH is 1. The first-order valence-electron chi connectivity index (χ1n) is 8.20. The van der Waals surface area contributed by atoms with Crippen LogP contribution in [0.25, 0.3) is 11.1 Å². The summed E-state index contributed by atoms with van der Waals surface area (Å²) in [6, 6.07) is 9.73. The lowest BCUT2D eigenvalue weighted by atomic mass is 9.99. The van der Waals surface area contributed by atoms with Gasteiger partial charge in [-0.1, -0.05) is 17.7 Å². The highest BCUT2D eigenvalue weighted by Gasteiger charge is 2.32. The van der Waals surface area contributed by atoms with Gasteiger partial charge in [0.05, 0.1) is 22.2 Å². The fraction of sp³-hybridized carbons (Fsp3) is 0.278. The molecule has 0 aliphatic carbocycles. The van der Waals surface area contributed by atoms with Crippen molar-refractivity contribution in [3.05, 3.63) is 58.1 Å². The molecule has 1 atom stereocenters. The number of fused-ring (bicyclic) bond motifs is 2. The largest absolute Gasteiger partial charge is 0.419 e. The molecule has 1 aliphatic rings. The molecule has 0 bridgehead atoms. The van der Waals surface area contributed by atoms with Crippen molar-refractivity contribution >= 4 is 26.8 Å². The summed E-state index contributed by atoms with van der Waals surface area (Å²) in [6.45, 7) is 2.07. The van der Waals surface area contributed by atoms with Gasteiger partial charge in [-0.2, -0.15) is 0 Å². The molecular weight excluding hydrogens is 356 g/mol. The predicted molar refractivity (Wildman–Crippen MR) is 96.7 cm³/mol. The Morgan fingerprint density at radius 2 is 1.96 bits per heavy atom. The molecule has 0 saturated carbocycles.